The third-order valence-corrected chi connectivity index (χ3v) is 3.44. The maximum Gasteiger partial charge on any atom is 0.146 e. The first-order valence-electron chi connectivity index (χ1n) is 6.50. The average Bonchev–Trinajstić information content (AvgIpc) is 2.60. The van der Waals surface area contributed by atoms with Crippen LogP contribution in [0, 0.1) is 0 Å². The molecule has 0 bridgehead atoms. The number of nitrogens with one attached hydrogen (secondary N) is 1. The third kappa shape index (κ3) is 3.04. The van der Waals surface area contributed by atoms with Crippen LogP contribution in [-0.4, -0.2) is 20.8 Å². The molecular weight excluding hydrogens is 200 g/mol. The Labute approximate surface area is 97.5 Å². The Morgan fingerprint density at radius 2 is 2.06 bits per heavy atom. The summed E-state index contributed by atoms with van der Waals surface area (Å²) in [5, 5.41) is 11.7. The molecule has 0 atom stereocenters. The van der Waals surface area contributed by atoms with Crippen LogP contribution >= 0.6 is 0 Å². The molecule has 1 saturated carbocycles. The fourth-order valence-corrected chi connectivity index (χ4v) is 2.40. The number of aryl methyl sites for hydroxylation is 1. The predicted molar refractivity (Wildman–Crippen MR) is 64.0 cm³/mol. The van der Waals surface area contributed by atoms with Gasteiger partial charge in [0.15, 0.2) is 0 Å². The normalized spacial score (nSPS) is 18.6. The molecule has 1 aromatic rings. The molecule has 0 spiro atoms. The predicted octanol–water partition coefficient (Wildman–Crippen LogP) is 2.11. The number of rotatable bonds is 4. The van der Waals surface area contributed by atoms with Gasteiger partial charge in [-0.05, 0) is 19.8 Å². The van der Waals surface area contributed by atoms with E-state index in [2.05, 4.69) is 27.0 Å². The van der Waals surface area contributed by atoms with Crippen molar-refractivity contribution >= 4 is 0 Å². The highest BCUT2D eigenvalue weighted by atomic mass is 15.3. The molecule has 1 aromatic heterocycles. The Hall–Kier alpha value is -0.900. The summed E-state index contributed by atoms with van der Waals surface area (Å²) in [6.45, 7) is 3.94. The van der Waals surface area contributed by atoms with E-state index < -0.39 is 0 Å². The minimum Gasteiger partial charge on any atom is -0.317 e. The second-order valence-corrected chi connectivity index (χ2v) is 4.60. The lowest BCUT2D eigenvalue weighted by Crippen LogP contribution is -2.29. The zero-order valence-corrected chi connectivity index (χ0v) is 10.2. The van der Waals surface area contributed by atoms with Crippen molar-refractivity contribution in [3.63, 3.8) is 0 Å². The molecular formula is C12H22N4. The van der Waals surface area contributed by atoms with Gasteiger partial charge in [0.25, 0.3) is 0 Å². The molecule has 4 nitrogen and oxygen atoms in total. The van der Waals surface area contributed by atoms with Gasteiger partial charge in [0, 0.05) is 12.6 Å². The fourth-order valence-electron chi connectivity index (χ4n) is 2.40. The van der Waals surface area contributed by atoms with E-state index in [0.717, 1.165) is 18.9 Å². The molecule has 0 unspecified atom stereocenters. The fraction of sp³-hybridized carbons (Fsp3) is 0.833. The summed E-state index contributed by atoms with van der Waals surface area (Å²) < 4.78 is 2.10. The summed E-state index contributed by atoms with van der Waals surface area (Å²) in [5.74, 6) is 1.06. The van der Waals surface area contributed by atoms with E-state index in [4.69, 9.17) is 0 Å². The lowest BCUT2D eigenvalue weighted by molar-refractivity contribution is 0.446. The minimum atomic E-state index is 0.685. The first-order chi connectivity index (χ1) is 7.90. The molecule has 16 heavy (non-hydrogen) atoms. The lowest BCUT2D eigenvalue weighted by atomic mass is 10.1. The van der Waals surface area contributed by atoms with Crippen molar-refractivity contribution in [1.29, 1.82) is 0 Å². The summed E-state index contributed by atoms with van der Waals surface area (Å²) >= 11 is 0. The van der Waals surface area contributed by atoms with E-state index in [1.807, 2.05) is 6.33 Å². The van der Waals surface area contributed by atoms with Crippen LogP contribution in [0.15, 0.2) is 6.33 Å². The van der Waals surface area contributed by atoms with E-state index in [1.165, 1.54) is 38.5 Å². The van der Waals surface area contributed by atoms with Crippen LogP contribution in [-0.2, 0) is 13.1 Å². The van der Waals surface area contributed by atoms with Crippen LogP contribution in [0.2, 0.25) is 0 Å². The Bertz CT molecular complexity index is 300. The van der Waals surface area contributed by atoms with Gasteiger partial charge in [0.2, 0.25) is 0 Å². The standard InChI is InChI=1S/C12H22N4/c1-2-16-10-14-15-12(16)9-13-11-7-5-3-4-6-8-11/h10-11,13H,2-9H2,1H3. The monoisotopic (exact) mass is 222 g/mol. The van der Waals surface area contributed by atoms with Crippen molar-refractivity contribution in [2.45, 2.75) is 64.6 Å². The molecule has 1 aliphatic rings. The summed E-state index contributed by atoms with van der Waals surface area (Å²) in [5.41, 5.74) is 0. The molecule has 1 aliphatic carbocycles. The van der Waals surface area contributed by atoms with E-state index in [-0.39, 0.29) is 0 Å². The Morgan fingerprint density at radius 1 is 1.31 bits per heavy atom. The van der Waals surface area contributed by atoms with Gasteiger partial charge in [-0.3, -0.25) is 0 Å². The highest BCUT2D eigenvalue weighted by molar-refractivity contribution is 4.86. The van der Waals surface area contributed by atoms with Crippen LogP contribution in [0.1, 0.15) is 51.3 Å². The first kappa shape index (κ1) is 11.6. The first-order valence-corrected chi connectivity index (χ1v) is 6.50. The number of aromatic nitrogens is 3. The van der Waals surface area contributed by atoms with Crippen molar-refractivity contribution in [1.82, 2.24) is 20.1 Å². The van der Waals surface area contributed by atoms with Crippen LogP contribution in [0.3, 0.4) is 0 Å². The van der Waals surface area contributed by atoms with Gasteiger partial charge < -0.3 is 9.88 Å². The zero-order chi connectivity index (χ0) is 11.2. The van der Waals surface area contributed by atoms with Gasteiger partial charge in [0.05, 0.1) is 6.54 Å². The topological polar surface area (TPSA) is 42.7 Å². The van der Waals surface area contributed by atoms with Crippen LogP contribution in [0.25, 0.3) is 0 Å². The maximum atomic E-state index is 4.15. The Morgan fingerprint density at radius 3 is 2.75 bits per heavy atom. The highest BCUT2D eigenvalue weighted by Crippen LogP contribution is 2.17. The molecule has 0 aromatic carbocycles. The number of nitrogens with zero attached hydrogens (tertiary/aromatic N) is 3. The Kier molecular flexibility index (Phi) is 4.34. The third-order valence-electron chi connectivity index (χ3n) is 3.44. The van der Waals surface area contributed by atoms with Gasteiger partial charge in [-0.15, -0.1) is 10.2 Å². The van der Waals surface area contributed by atoms with Gasteiger partial charge in [-0.2, -0.15) is 0 Å². The van der Waals surface area contributed by atoms with Gasteiger partial charge in [0.1, 0.15) is 12.2 Å². The van der Waals surface area contributed by atoms with E-state index >= 15 is 0 Å². The summed E-state index contributed by atoms with van der Waals surface area (Å²) in [4.78, 5) is 0. The molecule has 1 N–H and O–H groups in total. The Balaban J connectivity index is 1.81. The van der Waals surface area contributed by atoms with Crippen molar-refractivity contribution in [2.24, 2.45) is 0 Å². The SMILES string of the molecule is CCn1cnnc1CNC1CCCCCC1. The van der Waals surface area contributed by atoms with Gasteiger partial charge in [-0.1, -0.05) is 25.7 Å². The smallest absolute Gasteiger partial charge is 0.146 e. The molecule has 1 heterocycles. The van der Waals surface area contributed by atoms with Crippen LogP contribution in [0.4, 0.5) is 0 Å². The summed E-state index contributed by atoms with van der Waals surface area (Å²) in [6, 6.07) is 0.685. The molecule has 0 aliphatic heterocycles. The van der Waals surface area contributed by atoms with Crippen LogP contribution in [0.5, 0.6) is 0 Å². The largest absolute Gasteiger partial charge is 0.317 e. The van der Waals surface area contributed by atoms with E-state index in [0.29, 0.717) is 6.04 Å². The van der Waals surface area contributed by atoms with Crippen molar-refractivity contribution in [2.75, 3.05) is 0 Å². The molecule has 90 valence electrons. The molecule has 0 radical (unpaired) electrons. The van der Waals surface area contributed by atoms with E-state index in [1.54, 1.807) is 0 Å². The average molecular weight is 222 g/mol. The highest BCUT2D eigenvalue weighted by Gasteiger charge is 2.12. The lowest BCUT2D eigenvalue weighted by Gasteiger charge is -2.15. The molecule has 0 saturated heterocycles. The molecule has 0 amide bonds. The molecule has 4 heteroatoms. The summed E-state index contributed by atoms with van der Waals surface area (Å²) in [7, 11) is 0. The van der Waals surface area contributed by atoms with Crippen molar-refractivity contribution in [3.8, 4) is 0 Å². The van der Waals surface area contributed by atoms with Crippen LogP contribution < -0.4 is 5.32 Å². The number of hydrogen-bond donors (Lipinski definition) is 1. The molecule has 2 rings (SSSR count). The van der Waals surface area contributed by atoms with Crippen molar-refractivity contribution < 1.29 is 0 Å². The van der Waals surface area contributed by atoms with Gasteiger partial charge >= 0.3 is 0 Å². The molecule has 1 fully saturated rings. The van der Waals surface area contributed by atoms with Gasteiger partial charge in [-0.25, -0.2) is 0 Å². The number of hydrogen-bond acceptors (Lipinski definition) is 3. The quantitative estimate of drug-likeness (QED) is 0.793. The van der Waals surface area contributed by atoms with Crippen molar-refractivity contribution in [3.05, 3.63) is 12.2 Å². The maximum absolute atomic E-state index is 4.15. The minimum absolute atomic E-state index is 0.685. The zero-order valence-electron chi connectivity index (χ0n) is 10.2. The van der Waals surface area contributed by atoms with E-state index in [9.17, 15) is 0 Å². The second-order valence-electron chi connectivity index (χ2n) is 4.60. The second kappa shape index (κ2) is 5.99. The summed E-state index contributed by atoms with van der Waals surface area (Å²) in [6.07, 6.45) is 10.0.